The van der Waals surface area contributed by atoms with Gasteiger partial charge in [-0.15, -0.1) is 10.2 Å². The molecular formula is C27H26N4O2S. The lowest BCUT2D eigenvalue weighted by Crippen LogP contribution is -2.38. The molecule has 0 atom stereocenters. The first kappa shape index (κ1) is 23.4. The number of carbonyl (C=O) groups is 1. The minimum atomic E-state index is -0.00654. The number of carbonyl (C=O) groups excluding carboxylic acids is 1. The molecule has 0 unspecified atom stereocenters. The quantitative estimate of drug-likeness (QED) is 0.306. The fraction of sp³-hybridized carbons (Fsp3) is 0.185. The number of hydrogen-bond acceptors (Lipinski definition) is 6. The Morgan fingerprint density at radius 2 is 1.47 bits per heavy atom. The van der Waals surface area contributed by atoms with Crippen molar-refractivity contribution < 1.29 is 9.53 Å². The van der Waals surface area contributed by atoms with Crippen molar-refractivity contribution in [1.82, 2.24) is 15.2 Å². The van der Waals surface area contributed by atoms with Gasteiger partial charge in [-0.3, -0.25) is 4.79 Å². The molecule has 0 fully saturated rings. The van der Waals surface area contributed by atoms with Crippen molar-refractivity contribution in [1.29, 1.82) is 0 Å². The lowest BCUT2D eigenvalue weighted by molar-refractivity contribution is -0.116. The van der Waals surface area contributed by atoms with Crippen LogP contribution in [0.4, 0.5) is 5.69 Å². The van der Waals surface area contributed by atoms with Gasteiger partial charge < -0.3 is 9.64 Å². The Hall–Kier alpha value is -3.71. The van der Waals surface area contributed by atoms with Gasteiger partial charge in [0.15, 0.2) is 0 Å². The predicted octanol–water partition coefficient (Wildman–Crippen LogP) is 5.75. The van der Waals surface area contributed by atoms with Crippen molar-refractivity contribution in [2.45, 2.75) is 25.0 Å². The third-order valence-corrected chi connectivity index (χ3v) is 6.04. The zero-order valence-electron chi connectivity index (χ0n) is 19.4. The van der Waals surface area contributed by atoms with Crippen LogP contribution in [0.2, 0.25) is 0 Å². The Labute approximate surface area is 204 Å². The van der Waals surface area contributed by atoms with Crippen LogP contribution in [0.15, 0.2) is 90.1 Å². The Balaban J connectivity index is 1.62. The highest BCUT2D eigenvalue weighted by molar-refractivity contribution is 7.99. The van der Waals surface area contributed by atoms with Crippen molar-refractivity contribution in [3.05, 3.63) is 84.9 Å². The minimum absolute atomic E-state index is 0.00654. The molecule has 3 aromatic carbocycles. The van der Waals surface area contributed by atoms with Crippen LogP contribution in [0.25, 0.3) is 22.5 Å². The van der Waals surface area contributed by atoms with Gasteiger partial charge in [0.05, 0.1) is 12.9 Å². The molecule has 0 saturated carbocycles. The molecule has 0 N–H and O–H groups in total. The summed E-state index contributed by atoms with van der Waals surface area (Å²) >= 11 is 1.29. The molecule has 1 amide bonds. The number of thioether (sulfide) groups is 1. The summed E-state index contributed by atoms with van der Waals surface area (Å²) in [5.74, 6) is 0.969. The van der Waals surface area contributed by atoms with Crippen molar-refractivity contribution in [2.24, 2.45) is 0 Å². The van der Waals surface area contributed by atoms with Crippen LogP contribution >= 0.6 is 11.8 Å². The van der Waals surface area contributed by atoms with E-state index in [2.05, 4.69) is 10.2 Å². The molecule has 6 nitrogen and oxygen atoms in total. The normalized spacial score (nSPS) is 10.8. The van der Waals surface area contributed by atoms with Gasteiger partial charge in [-0.05, 0) is 50.2 Å². The summed E-state index contributed by atoms with van der Waals surface area (Å²) in [5.41, 5.74) is 4.10. The number of aromatic nitrogens is 3. The molecule has 0 bridgehead atoms. The molecule has 0 radical (unpaired) electrons. The third kappa shape index (κ3) is 5.43. The maximum absolute atomic E-state index is 13.1. The number of benzene rings is 3. The van der Waals surface area contributed by atoms with Crippen molar-refractivity contribution in [2.75, 3.05) is 17.8 Å². The van der Waals surface area contributed by atoms with E-state index < -0.39 is 0 Å². The van der Waals surface area contributed by atoms with E-state index in [0.717, 1.165) is 22.6 Å². The summed E-state index contributed by atoms with van der Waals surface area (Å²) in [4.78, 5) is 19.7. The maximum Gasteiger partial charge on any atom is 0.237 e. The zero-order valence-corrected chi connectivity index (χ0v) is 20.2. The lowest BCUT2D eigenvalue weighted by atomic mass is 10.0. The van der Waals surface area contributed by atoms with E-state index in [9.17, 15) is 4.79 Å². The minimum Gasteiger partial charge on any atom is -0.497 e. The Morgan fingerprint density at radius 1 is 0.853 bits per heavy atom. The number of amides is 1. The highest BCUT2D eigenvalue weighted by atomic mass is 32.2. The summed E-state index contributed by atoms with van der Waals surface area (Å²) in [6.07, 6.45) is 0. The van der Waals surface area contributed by atoms with E-state index in [-0.39, 0.29) is 17.7 Å². The van der Waals surface area contributed by atoms with Crippen LogP contribution < -0.4 is 9.64 Å². The van der Waals surface area contributed by atoms with Crippen LogP contribution in [-0.2, 0) is 4.79 Å². The van der Waals surface area contributed by atoms with Gasteiger partial charge in [-0.25, -0.2) is 4.98 Å². The van der Waals surface area contributed by atoms with Crippen molar-refractivity contribution in [3.63, 3.8) is 0 Å². The van der Waals surface area contributed by atoms with Gasteiger partial charge in [0.25, 0.3) is 0 Å². The summed E-state index contributed by atoms with van der Waals surface area (Å²) in [5, 5.41) is 9.28. The number of nitrogens with zero attached hydrogens (tertiary/aromatic N) is 4. The summed E-state index contributed by atoms with van der Waals surface area (Å²) < 4.78 is 5.29. The molecule has 0 spiro atoms. The number of rotatable bonds is 8. The number of methoxy groups -OCH3 is 1. The standard InChI is InChI=1S/C27H26N4O2S/c1-19(2)31(22-12-8-5-9-13-22)24(32)18-34-27-28-25(21-14-16-23(33-3)17-15-21)26(29-30-27)20-10-6-4-7-11-20/h4-17,19H,18H2,1-3H3. The SMILES string of the molecule is COc1ccc(-c2nc(SCC(=O)N(c3ccccc3)C(C)C)nnc2-c2ccccc2)cc1. The molecule has 0 aliphatic heterocycles. The fourth-order valence-electron chi connectivity index (χ4n) is 3.63. The Kier molecular flexibility index (Phi) is 7.54. The number of para-hydroxylation sites is 1. The second-order valence-corrected chi connectivity index (χ2v) is 8.81. The average Bonchev–Trinajstić information content (AvgIpc) is 2.88. The second kappa shape index (κ2) is 10.9. The first-order valence-electron chi connectivity index (χ1n) is 11.0. The van der Waals surface area contributed by atoms with Gasteiger partial charge in [0, 0.05) is 22.9 Å². The zero-order chi connectivity index (χ0) is 23.9. The second-order valence-electron chi connectivity index (χ2n) is 7.87. The molecule has 4 aromatic rings. The van der Waals surface area contributed by atoms with E-state index in [4.69, 9.17) is 9.72 Å². The van der Waals surface area contributed by atoms with Gasteiger partial charge in [0.1, 0.15) is 17.1 Å². The number of anilines is 1. The van der Waals surface area contributed by atoms with Gasteiger partial charge >= 0.3 is 0 Å². The van der Waals surface area contributed by atoms with E-state index in [1.54, 1.807) is 12.0 Å². The van der Waals surface area contributed by atoms with Crippen LogP contribution in [0, 0.1) is 0 Å². The summed E-state index contributed by atoms with van der Waals surface area (Å²) in [7, 11) is 1.64. The first-order valence-corrected chi connectivity index (χ1v) is 12.0. The third-order valence-electron chi connectivity index (χ3n) is 5.22. The topological polar surface area (TPSA) is 68.2 Å². The average molecular weight is 471 g/mol. The van der Waals surface area contributed by atoms with Crippen LogP contribution in [-0.4, -0.2) is 40.0 Å². The van der Waals surface area contributed by atoms with Crippen molar-refractivity contribution in [3.8, 4) is 28.3 Å². The van der Waals surface area contributed by atoms with Crippen LogP contribution in [0.1, 0.15) is 13.8 Å². The van der Waals surface area contributed by atoms with E-state index in [1.807, 2.05) is 98.8 Å². The molecule has 1 aromatic heterocycles. The first-order chi connectivity index (χ1) is 16.6. The summed E-state index contributed by atoms with van der Waals surface area (Å²) in [6, 6.07) is 27.2. The molecule has 4 rings (SSSR count). The molecule has 0 aliphatic carbocycles. The summed E-state index contributed by atoms with van der Waals surface area (Å²) in [6.45, 7) is 4.01. The molecule has 7 heteroatoms. The van der Waals surface area contributed by atoms with Crippen molar-refractivity contribution >= 4 is 23.4 Å². The fourth-order valence-corrected chi connectivity index (χ4v) is 4.27. The van der Waals surface area contributed by atoms with E-state index >= 15 is 0 Å². The number of hydrogen-bond donors (Lipinski definition) is 0. The van der Waals surface area contributed by atoms with Crippen LogP contribution in [0.3, 0.4) is 0 Å². The molecular weight excluding hydrogens is 444 g/mol. The largest absolute Gasteiger partial charge is 0.497 e. The molecule has 0 saturated heterocycles. The molecule has 1 heterocycles. The lowest BCUT2D eigenvalue weighted by Gasteiger charge is -2.26. The highest BCUT2D eigenvalue weighted by Gasteiger charge is 2.20. The van der Waals surface area contributed by atoms with Crippen LogP contribution in [0.5, 0.6) is 5.75 Å². The molecule has 34 heavy (non-hydrogen) atoms. The van der Waals surface area contributed by atoms with Gasteiger partial charge in [0.2, 0.25) is 11.1 Å². The Bertz CT molecular complexity index is 1230. The van der Waals surface area contributed by atoms with Gasteiger partial charge in [-0.2, -0.15) is 0 Å². The Morgan fingerprint density at radius 3 is 2.09 bits per heavy atom. The van der Waals surface area contributed by atoms with Gasteiger partial charge in [-0.1, -0.05) is 60.3 Å². The van der Waals surface area contributed by atoms with E-state index in [0.29, 0.717) is 16.5 Å². The number of ether oxygens (including phenoxy) is 1. The monoisotopic (exact) mass is 470 g/mol. The predicted molar refractivity (Wildman–Crippen MR) is 137 cm³/mol. The highest BCUT2D eigenvalue weighted by Crippen LogP contribution is 2.31. The maximum atomic E-state index is 13.1. The molecule has 172 valence electrons. The van der Waals surface area contributed by atoms with E-state index in [1.165, 1.54) is 11.8 Å². The smallest absolute Gasteiger partial charge is 0.237 e. The molecule has 0 aliphatic rings.